The Kier molecular flexibility index (Phi) is 4.70. The lowest BCUT2D eigenvalue weighted by Crippen LogP contribution is -2.22. The first kappa shape index (κ1) is 18.0. The Morgan fingerprint density at radius 2 is 2.04 bits per heavy atom. The average molecular weight is 395 g/mol. The van der Waals surface area contributed by atoms with Crippen LogP contribution in [0.2, 0.25) is 0 Å². The van der Waals surface area contributed by atoms with Crippen LogP contribution in [-0.2, 0) is 13.6 Å². The van der Waals surface area contributed by atoms with Gasteiger partial charge in [-0.1, -0.05) is 6.07 Å². The van der Waals surface area contributed by atoms with Crippen LogP contribution in [0.25, 0.3) is 22.4 Å². The number of nitrogens with one attached hydrogen (secondary N) is 1. The van der Waals surface area contributed by atoms with Gasteiger partial charge in [0.25, 0.3) is 5.91 Å². The van der Waals surface area contributed by atoms with Crippen LogP contribution in [0.5, 0.6) is 5.75 Å². The number of hydrogen-bond acceptors (Lipinski definition) is 6. The Morgan fingerprint density at radius 1 is 1.25 bits per heavy atom. The molecule has 4 rings (SSSR count). The molecular formula is C20H17N3O4S. The van der Waals surface area contributed by atoms with Crippen molar-refractivity contribution in [2.24, 2.45) is 7.05 Å². The molecule has 142 valence electrons. The fraction of sp³-hybridized carbons (Fsp3) is 0.150. The number of rotatable bonds is 5. The number of amides is 1. The predicted octanol–water partition coefficient (Wildman–Crippen LogP) is 3.19. The van der Waals surface area contributed by atoms with Crippen molar-refractivity contribution in [1.29, 1.82) is 0 Å². The molecule has 2 heterocycles. The number of thiazole rings is 1. The number of ether oxygens (including phenoxy) is 1. The molecule has 0 saturated carbocycles. The Bertz CT molecular complexity index is 1200. The molecule has 2 aromatic carbocycles. The molecule has 0 saturated heterocycles. The Labute approximate surface area is 164 Å². The van der Waals surface area contributed by atoms with Crippen molar-refractivity contribution in [3.8, 4) is 17.0 Å². The van der Waals surface area contributed by atoms with Crippen molar-refractivity contribution in [1.82, 2.24) is 14.9 Å². The Balaban J connectivity index is 1.46. The second kappa shape index (κ2) is 7.32. The van der Waals surface area contributed by atoms with Crippen LogP contribution < -0.4 is 15.8 Å². The van der Waals surface area contributed by atoms with Crippen molar-refractivity contribution in [2.45, 2.75) is 6.54 Å². The predicted molar refractivity (Wildman–Crippen MR) is 107 cm³/mol. The minimum atomic E-state index is -0.396. The van der Waals surface area contributed by atoms with Crippen molar-refractivity contribution < 1.29 is 13.9 Å². The molecule has 0 aliphatic heterocycles. The van der Waals surface area contributed by atoms with E-state index in [0.29, 0.717) is 23.4 Å². The normalized spacial score (nSPS) is 10.9. The zero-order chi connectivity index (χ0) is 19.7. The maximum atomic E-state index is 12.3. The van der Waals surface area contributed by atoms with Crippen LogP contribution in [-0.4, -0.2) is 22.6 Å². The SMILES string of the molecule is COc1ccc(C(=O)NCc2nc(-c3ccc4c(c3)oc(=O)n4C)cs2)cc1. The molecular weight excluding hydrogens is 378 g/mol. The number of methoxy groups -OCH3 is 1. The van der Waals surface area contributed by atoms with Gasteiger partial charge in [-0.05, 0) is 36.4 Å². The van der Waals surface area contributed by atoms with E-state index in [4.69, 9.17) is 9.15 Å². The van der Waals surface area contributed by atoms with Gasteiger partial charge in [-0.15, -0.1) is 11.3 Å². The number of nitrogens with zero attached hydrogens (tertiary/aromatic N) is 2. The van der Waals surface area contributed by atoms with Crippen LogP contribution >= 0.6 is 11.3 Å². The summed E-state index contributed by atoms with van der Waals surface area (Å²) in [7, 11) is 3.25. The van der Waals surface area contributed by atoms with Crippen LogP contribution in [0.4, 0.5) is 0 Å². The van der Waals surface area contributed by atoms with Crippen LogP contribution in [0.1, 0.15) is 15.4 Å². The van der Waals surface area contributed by atoms with E-state index in [0.717, 1.165) is 21.8 Å². The second-order valence-electron chi connectivity index (χ2n) is 6.15. The molecule has 0 unspecified atom stereocenters. The molecule has 0 spiro atoms. The largest absolute Gasteiger partial charge is 0.497 e. The van der Waals surface area contributed by atoms with E-state index in [1.165, 1.54) is 15.9 Å². The molecule has 8 heteroatoms. The number of aromatic nitrogens is 2. The first-order valence-electron chi connectivity index (χ1n) is 8.52. The van der Waals surface area contributed by atoms with Crippen LogP contribution in [0.3, 0.4) is 0 Å². The highest BCUT2D eigenvalue weighted by Crippen LogP contribution is 2.25. The third kappa shape index (κ3) is 3.41. The fourth-order valence-corrected chi connectivity index (χ4v) is 3.56. The summed E-state index contributed by atoms with van der Waals surface area (Å²) >= 11 is 1.46. The molecule has 4 aromatic rings. The zero-order valence-corrected chi connectivity index (χ0v) is 16.1. The number of aryl methyl sites for hydroxylation is 1. The number of carbonyl (C=O) groups is 1. The maximum absolute atomic E-state index is 12.3. The highest BCUT2D eigenvalue weighted by atomic mass is 32.1. The monoisotopic (exact) mass is 395 g/mol. The standard InChI is InChI=1S/C20H17N3O4S/c1-23-16-8-5-13(9-17(16)27-20(23)25)15-11-28-18(22-15)10-21-19(24)12-3-6-14(26-2)7-4-12/h3-9,11H,10H2,1-2H3,(H,21,24). The molecule has 28 heavy (non-hydrogen) atoms. The topological polar surface area (TPSA) is 86.4 Å². The van der Waals surface area contributed by atoms with Crippen molar-refractivity contribution >= 4 is 28.3 Å². The minimum absolute atomic E-state index is 0.174. The molecule has 1 amide bonds. The highest BCUT2D eigenvalue weighted by molar-refractivity contribution is 7.09. The van der Waals surface area contributed by atoms with E-state index < -0.39 is 5.76 Å². The molecule has 0 bridgehead atoms. The molecule has 1 N–H and O–H groups in total. The maximum Gasteiger partial charge on any atom is 0.419 e. The molecule has 0 radical (unpaired) electrons. The van der Waals surface area contributed by atoms with E-state index in [2.05, 4.69) is 10.3 Å². The minimum Gasteiger partial charge on any atom is -0.497 e. The Hall–Kier alpha value is -3.39. The van der Waals surface area contributed by atoms with Gasteiger partial charge in [0.2, 0.25) is 0 Å². The molecule has 0 fully saturated rings. The van der Waals surface area contributed by atoms with Gasteiger partial charge in [0.1, 0.15) is 10.8 Å². The number of fused-ring (bicyclic) bond motifs is 1. The number of benzene rings is 2. The molecule has 7 nitrogen and oxygen atoms in total. The number of hydrogen-bond donors (Lipinski definition) is 1. The van der Waals surface area contributed by atoms with Gasteiger partial charge in [-0.25, -0.2) is 9.78 Å². The van der Waals surface area contributed by atoms with E-state index in [-0.39, 0.29) is 5.91 Å². The second-order valence-corrected chi connectivity index (χ2v) is 7.09. The van der Waals surface area contributed by atoms with Gasteiger partial charge in [0, 0.05) is 23.6 Å². The summed E-state index contributed by atoms with van der Waals surface area (Å²) in [5.74, 6) is 0.131. The van der Waals surface area contributed by atoms with Gasteiger partial charge < -0.3 is 14.5 Å². The average Bonchev–Trinajstić information content (AvgIpc) is 3.30. The summed E-state index contributed by atoms with van der Waals surface area (Å²) in [6, 6.07) is 12.4. The quantitative estimate of drug-likeness (QED) is 0.561. The van der Waals surface area contributed by atoms with Gasteiger partial charge in [-0.3, -0.25) is 9.36 Å². The summed E-state index contributed by atoms with van der Waals surface area (Å²) < 4.78 is 11.8. The number of carbonyl (C=O) groups excluding carboxylic acids is 1. The van der Waals surface area contributed by atoms with Gasteiger partial charge >= 0.3 is 5.76 Å². The third-order valence-corrected chi connectivity index (χ3v) is 5.24. The van der Waals surface area contributed by atoms with Gasteiger partial charge in [0.05, 0.1) is 24.9 Å². The lowest BCUT2D eigenvalue weighted by atomic mass is 10.1. The van der Waals surface area contributed by atoms with Crippen LogP contribution in [0.15, 0.2) is 57.1 Å². The van der Waals surface area contributed by atoms with Crippen molar-refractivity contribution in [3.63, 3.8) is 0 Å². The molecule has 0 atom stereocenters. The van der Waals surface area contributed by atoms with Crippen LogP contribution in [0, 0.1) is 0 Å². The van der Waals surface area contributed by atoms with E-state index in [1.807, 2.05) is 17.5 Å². The van der Waals surface area contributed by atoms with Gasteiger partial charge in [0.15, 0.2) is 5.58 Å². The van der Waals surface area contributed by atoms with Gasteiger partial charge in [-0.2, -0.15) is 0 Å². The molecule has 0 aliphatic carbocycles. The first-order chi connectivity index (χ1) is 13.5. The van der Waals surface area contributed by atoms with Crippen molar-refractivity contribution in [3.05, 3.63) is 69.0 Å². The lowest BCUT2D eigenvalue weighted by molar-refractivity contribution is 0.0951. The van der Waals surface area contributed by atoms with E-state index in [1.54, 1.807) is 44.5 Å². The smallest absolute Gasteiger partial charge is 0.419 e. The number of oxazole rings is 1. The molecule has 2 aromatic heterocycles. The fourth-order valence-electron chi connectivity index (χ4n) is 2.82. The van der Waals surface area contributed by atoms with E-state index in [9.17, 15) is 9.59 Å². The zero-order valence-electron chi connectivity index (χ0n) is 15.3. The summed E-state index contributed by atoms with van der Waals surface area (Å²) in [4.78, 5) is 28.5. The summed E-state index contributed by atoms with van der Waals surface area (Å²) in [6.07, 6.45) is 0. The highest BCUT2D eigenvalue weighted by Gasteiger charge is 2.11. The first-order valence-corrected chi connectivity index (χ1v) is 9.40. The van der Waals surface area contributed by atoms with Crippen molar-refractivity contribution in [2.75, 3.05) is 7.11 Å². The molecule has 0 aliphatic rings. The summed E-state index contributed by atoms with van der Waals surface area (Å²) in [5.41, 5.74) is 3.43. The van der Waals surface area contributed by atoms with E-state index >= 15 is 0 Å². The lowest BCUT2D eigenvalue weighted by Gasteiger charge is -2.04. The third-order valence-electron chi connectivity index (χ3n) is 4.39. The summed E-state index contributed by atoms with van der Waals surface area (Å²) in [5, 5.41) is 5.56. The summed E-state index contributed by atoms with van der Waals surface area (Å²) in [6.45, 7) is 0.332. The Morgan fingerprint density at radius 3 is 2.79 bits per heavy atom.